The smallest absolute Gasteiger partial charge is 0.276 e. The van der Waals surface area contributed by atoms with Gasteiger partial charge < -0.3 is 4.74 Å². The van der Waals surface area contributed by atoms with E-state index in [0.29, 0.717) is 11.3 Å². The van der Waals surface area contributed by atoms with Gasteiger partial charge in [0.1, 0.15) is 17.8 Å². The molecule has 0 saturated carbocycles. The van der Waals surface area contributed by atoms with Gasteiger partial charge in [0.05, 0.1) is 5.52 Å². The van der Waals surface area contributed by atoms with Gasteiger partial charge in [0, 0.05) is 0 Å². The molecule has 0 aliphatic heterocycles. The summed E-state index contributed by atoms with van der Waals surface area (Å²) in [4.78, 5) is 23.8. The Morgan fingerprint density at radius 1 is 1.04 bits per heavy atom. The van der Waals surface area contributed by atoms with Crippen LogP contribution in [-0.4, -0.2) is 33.4 Å². The van der Waals surface area contributed by atoms with E-state index in [1.165, 1.54) is 4.68 Å². The summed E-state index contributed by atoms with van der Waals surface area (Å²) in [5.74, 6) is -0.207. The Morgan fingerprint density at radius 3 is 2.62 bits per heavy atom. The number of fused-ring (bicyclic) bond motifs is 1. The second kappa shape index (κ2) is 8.11. The number of carbonyl (C=O) groups excluding carboxylic acids is 2. The van der Waals surface area contributed by atoms with Crippen molar-refractivity contribution in [1.29, 1.82) is 0 Å². The first-order valence-corrected chi connectivity index (χ1v) is 8.24. The Bertz CT molecular complexity index is 922. The molecule has 1 heterocycles. The number of hydrogen-bond acceptors (Lipinski definition) is 5. The predicted octanol–water partition coefficient (Wildman–Crippen LogP) is 1.22. The van der Waals surface area contributed by atoms with E-state index in [4.69, 9.17) is 4.74 Å². The van der Waals surface area contributed by atoms with E-state index in [0.717, 1.165) is 17.5 Å². The zero-order valence-electron chi connectivity index (χ0n) is 14.3. The summed E-state index contributed by atoms with van der Waals surface area (Å²) < 4.78 is 6.96. The molecule has 0 radical (unpaired) electrons. The maximum absolute atomic E-state index is 12.0. The molecular formula is C18H19N5O3. The molecule has 2 amide bonds. The van der Waals surface area contributed by atoms with Crippen molar-refractivity contribution in [2.75, 3.05) is 6.61 Å². The third kappa shape index (κ3) is 4.15. The number of nitrogens with zero attached hydrogens (tertiary/aromatic N) is 3. The van der Waals surface area contributed by atoms with Crippen LogP contribution in [0.1, 0.15) is 12.5 Å². The molecule has 0 aliphatic carbocycles. The van der Waals surface area contributed by atoms with Crippen LogP contribution in [0.4, 0.5) is 0 Å². The number of aryl methyl sites for hydroxylation is 1. The Hall–Kier alpha value is -3.42. The maximum Gasteiger partial charge on any atom is 0.276 e. The minimum absolute atomic E-state index is 0.0552. The highest BCUT2D eigenvalue weighted by molar-refractivity contribution is 5.83. The molecule has 0 unspecified atom stereocenters. The topological polar surface area (TPSA) is 98.1 Å². The van der Waals surface area contributed by atoms with Gasteiger partial charge in [0.15, 0.2) is 6.61 Å². The molecule has 0 bridgehead atoms. The standard InChI is InChI=1S/C18H19N5O3/c1-2-13-7-3-6-10-16(13)26-12-18(25)21-20-17(24)11-23-15-9-5-4-8-14(15)19-22-23/h3-10H,2,11-12H2,1H3,(H,20,24)(H,21,25). The first kappa shape index (κ1) is 17.4. The lowest BCUT2D eigenvalue weighted by Gasteiger charge is -2.11. The lowest BCUT2D eigenvalue weighted by atomic mass is 10.1. The SMILES string of the molecule is CCc1ccccc1OCC(=O)NNC(=O)Cn1nnc2ccccc21. The number of carbonyl (C=O) groups is 2. The van der Waals surface area contributed by atoms with Crippen LogP contribution in [0.5, 0.6) is 5.75 Å². The maximum atomic E-state index is 12.0. The third-order valence-corrected chi connectivity index (χ3v) is 3.77. The fraction of sp³-hybridized carbons (Fsp3) is 0.222. The first-order valence-electron chi connectivity index (χ1n) is 8.24. The highest BCUT2D eigenvalue weighted by Crippen LogP contribution is 2.17. The summed E-state index contributed by atoms with van der Waals surface area (Å²) in [5, 5.41) is 7.90. The van der Waals surface area contributed by atoms with E-state index in [1.54, 1.807) is 6.07 Å². The molecule has 8 heteroatoms. The van der Waals surface area contributed by atoms with Crippen LogP contribution < -0.4 is 15.6 Å². The highest BCUT2D eigenvalue weighted by Gasteiger charge is 2.10. The van der Waals surface area contributed by atoms with Crippen molar-refractivity contribution < 1.29 is 14.3 Å². The van der Waals surface area contributed by atoms with Crippen molar-refractivity contribution >= 4 is 22.8 Å². The fourth-order valence-electron chi connectivity index (χ4n) is 2.47. The number of aromatic nitrogens is 3. The lowest BCUT2D eigenvalue weighted by molar-refractivity contribution is -0.130. The van der Waals surface area contributed by atoms with Crippen LogP contribution in [0.25, 0.3) is 11.0 Å². The third-order valence-electron chi connectivity index (χ3n) is 3.77. The van der Waals surface area contributed by atoms with Crippen molar-refractivity contribution in [3.63, 3.8) is 0 Å². The van der Waals surface area contributed by atoms with Crippen molar-refractivity contribution in [2.24, 2.45) is 0 Å². The molecular weight excluding hydrogens is 334 g/mol. The molecule has 8 nitrogen and oxygen atoms in total. The van der Waals surface area contributed by atoms with Gasteiger partial charge in [-0.2, -0.15) is 0 Å². The number of para-hydroxylation sites is 2. The van der Waals surface area contributed by atoms with E-state index in [9.17, 15) is 9.59 Å². The van der Waals surface area contributed by atoms with E-state index in [-0.39, 0.29) is 13.2 Å². The number of rotatable bonds is 6. The van der Waals surface area contributed by atoms with Crippen molar-refractivity contribution in [2.45, 2.75) is 19.9 Å². The second-order valence-electron chi connectivity index (χ2n) is 5.58. The quantitative estimate of drug-likeness (QED) is 0.649. The first-order chi connectivity index (χ1) is 12.7. The minimum atomic E-state index is -0.451. The van der Waals surface area contributed by atoms with Crippen LogP contribution in [0.3, 0.4) is 0 Å². The average Bonchev–Trinajstić information content (AvgIpc) is 3.08. The van der Waals surface area contributed by atoms with Gasteiger partial charge in [-0.1, -0.05) is 42.5 Å². The van der Waals surface area contributed by atoms with E-state index in [1.807, 2.05) is 49.4 Å². The van der Waals surface area contributed by atoms with Gasteiger partial charge in [0.25, 0.3) is 11.8 Å². The summed E-state index contributed by atoms with van der Waals surface area (Å²) >= 11 is 0. The Kier molecular flexibility index (Phi) is 5.43. The molecule has 0 fully saturated rings. The highest BCUT2D eigenvalue weighted by atomic mass is 16.5. The summed E-state index contributed by atoms with van der Waals surface area (Å²) in [6.45, 7) is 1.76. The predicted molar refractivity (Wildman–Crippen MR) is 95.1 cm³/mol. The second-order valence-corrected chi connectivity index (χ2v) is 5.58. The number of nitrogens with one attached hydrogen (secondary N) is 2. The monoisotopic (exact) mass is 353 g/mol. The van der Waals surface area contributed by atoms with Gasteiger partial charge in [0.2, 0.25) is 0 Å². The normalized spacial score (nSPS) is 10.5. The van der Waals surface area contributed by atoms with E-state index < -0.39 is 11.8 Å². The molecule has 0 aliphatic rings. The molecule has 3 aromatic rings. The van der Waals surface area contributed by atoms with Crippen molar-refractivity contribution in [1.82, 2.24) is 25.8 Å². The minimum Gasteiger partial charge on any atom is -0.483 e. The van der Waals surface area contributed by atoms with Crippen LogP contribution in [0.15, 0.2) is 48.5 Å². The van der Waals surface area contributed by atoms with Crippen LogP contribution in [0, 0.1) is 0 Å². The number of amides is 2. The summed E-state index contributed by atoms with van der Waals surface area (Å²) in [6.07, 6.45) is 0.806. The fourth-order valence-corrected chi connectivity index (χ4v) is 2.47. The Balaban J connectivity index is 1.47. The number of benzene rings is 2. The zero-order valence-corrected chi connectivity index (χ0v) is 14.3. The Labute approximate surface area is 150 Å². The van der Waals surface area contributed by atoms with Crippen LogP contribution in [0.2, 0.25) is 0 Å². The molecule has 3 rings (SSSR count). The number of hydrogen-bond donors (Lipinski definition) is 2. The molecule has 1 aromatic heterocycles. The molecule has 2 N–H and O–H groups in total. The van der Waals surface area contributed by atoms with Crippen molar-refractivity contribution in [3.8, 4) is 5.75 Å². The van der Waals surface area contributed by atoms with Crippen LogP contribution in [-0.2, 0) is 22.6 Å². The summed E-state index contributed by atoms with van der Waals surface area (Å²) in [7, 11) is 0. The van der Waals surface area contributed by atoms with E-state index >= 15 is 0 Å². The van der Waals surface area contributed by atoms with Gasteiger partial charge in [-0.05, 0) is 30.2 Å². The molecule has 134 valence electrons. The largest absolute Gasteiger partial charge is 0.483 e. The number of hydrazine groups is 1. The van der Waals surface area contributed by atoms with Gasteiger partial charge in [-0.3, -0.25) is 20.4 Å². The lowest BCUT2D eigenvalue weighted by Crippen LogP contribution is -2.45. The average molecular weight is 353 g/mol. The molecule has 0 atom stereocenters. The van der Waals surface area contributed by atoms with Crippen LogP contribution >= 0.6 is 0 Å². The molecule has 26 heavy (non-hydrogen) atoms. The van der Waals surface area contributed by atoms with Gasteiger partial charge in [-0.25, -0.2) is 4.68 Å². The van der Waals surface area contributed by atoms with Gasteiger partial charge >= 0.3 is 0 Å². The van der Waals surface area contributed by atoms with E-state index in [2.05, 4.69) is 21.2 Å². The molecule has 0 spiro atoms. The zero-order chi connectivity index (χ0) is 18.4. The van der Waals surface area contributed by atoms with Crippen molar-refractivity contribution in [3.05, 3.63) is 54.1 Å². The molecule has 2 aromatic carbocycles. The summed E-state index contributed by atoms with van der Waals surface area (Å²) in [5.41, 5.74) is 7.13. The summed E-state index contributed by atoms with van der Waals surface area (Å²) in [6, 6.07) is 14.8. The molecule has 0 saturated heterocycles. The van der Waals surface area contributed by atoms with Gasteiger partial charge in [-0.15, -0.1) is 5.10 Å². The number of ether oxygens (including phenoxy) is 1. The Morgan fingerprint density at radius 2 is 1.77 bits per heavy atom.